The average molecular weight is 426 g/mol. The van der Waals surface area contributed by atoms with E-state index >= 15 is 0 Å². The van der Waals surface area contributed by atoms with Gasteiger partial charge in [-0.2, -0.15) is 0 Å². The number of amides is 2. The third-order valence-corrected chi connectivity index (χ3v) is 6.95. The van der Waals surface area contributed by atoms with Crippen molar-refractivity contribution in [2.75, 3.05) is 32.4 Å². The fraction of sp³-hybridized carbons (Fsp3) is 0.619. The molecule has 0 aromatic heterocycles. The first kappa shape index (κ1) is 23.0. The summed E-state index contributed by atoms with van der Waals surface area (Å²) >= 11 is 1.48. The molecule has 0 bridgehead atoms. The second kappa shape index (κ2) is 11.1. The molecule has 7 heteroatoms. The molecule has 156 valence electrons. The van der Waals surface area contributed by atoms with E-state index in [0.717, 1.165) is 37.2 Å². The minimum atomic E-state index is 0. The summed E-state index contributed by atoms with van der Waals surface area (Å²) in [6.07, 6.45) is 6.91. The first-order chi connectivity index (χ1) is 13.1. The van der Waals surface area contributed by atoms with Gasteiger partial charge < -0.3 is 15.5 Å². The van der Waals surface area contributed by atoms with Crippen molar-refractivity contribution in [2.45, 2.75) is 49.5 Å². The number of halogens is 1. The average Bonchev–Trinajstić information content (AvgIpc) is 3.21. The predicted molar refractivity (Wildman–Crippen MR) is 117 cm³/mol. The van der Waals surface area contributed by atoms with Crippen molar-refractivity contribution in [1.82, 2.24) is 9.80 Å². The minimum Gasteiger partial charge on any atom is -0.342 e. The highest BCUT2D eigenvalue weighted by atomic mass is 35.5. The van der Waals surface area contributed by atoms with Crippen LogP contribution in [0.5, 0.6) is 0 Å². The normalized spacial score (nSPS) is 19.9. The minimum absolute atomic E-state index is 0. The summed E-state index contributed by atoms with van der Waals surface area (Å²) in [6, 6.07) is 8.02. The van der Waals surface area contributed by atoms with Gasteiger partial charge in [0.25, 0.3) is 5.91 Å². The van der Waals surface area contributed by atoms with E-state index in [0.29, 0.717) is 29.8 Å². The quantitative estimate of drug-likeness (QED) is 0.709. The fourth-order valence-corrected chi connectivity index (χ4v) is 5.03. The van der Waals surface area contributed by atoms with Crippen molar-refractivity contribution in [2.24, 2.45) is 11.7 Å². The van der Waals surface area contributed by atoms with Crippen LogP contribution in [0.15, 0.2) is 29.2 Å². The molecule has 1 aliphatic carbocycles. The molecule has 2 N–H and O–H groups in total. The zero-order valence-corrected chi connectivity index (χ0v) is 18.3. The van der Waals surface area contributed by atoms with Gasteiger partial charge in [-0.25, -0.2) is 0 Å². The molecule has 1 aromatic rings. The molecule has 1 heterocycles. The van der Waals surface area contributed by atoms with Gasteiger partial charge in [0, 0.05) is 31.1 Å². The van der Waals surface area contributed by atoms with E-state index in [9.17, 15) is 9.59 Å². The van der Waals surface area contributed by atoms with E-state index in [-0.39, 0.29) is 24.2 Å². The topological polar surface area (TPSA) is 66.6 Å². The first-order valence-electron chi connectivity index (χ1n) is 10.1. The highest BCUT2D eigenvalue weighted by Gasteiger charge is 2.28. The van der Waals surface area contributed by atoms with Gasteiger partial charge in [0.15, 0.2) is 0 Å². The number of thioether (sulfide) groups is 1. The Morgan fingerprint density at radius 3 is 2.57 bits per heavy atom. The highest BCUT2D eigenvalue weighted by molar-refractivity contribution is 8.00. The molecule has 1 saturated carbocycles. The summed E-state index contributed by atoms with van der Waals surface area (Å²) in [5.74, 6) is 0.989. The van der Waals surface area contributed by atoms with Crippen molar-refractivity contribution >= 4 is 36.0 Å². The predicted octanol–water partition coefficient (Wildman–Crippen LogP) is 3.41. The summed E-state index contributed by atoms with van der Waals surface area (Å²) in [5.41, 5.74) is 6.45. The van der Waals surface area contributed by atoms with Crippen LogP contribution in [0.25, 0.3) is 0 Å². The van der Waals surface area contributed by atoms with Crippen LogP contribution in [-0.4, -0.2) is 60.1 Å². The molecule has 0 radical (unpaired) electrons. The number of carbonyl (C=O) groups is 2. The second-order valence-corrected chi connectivity index (χ2v) is 8.74. The van der Waals surface area contributed by atoms with Crippen molar-refractivity contribution in [1.29, 1.82) is 0 Å². The summed E-state index contributed by atoms with van der Waals surface area (Å²) in [5, 5.41) is 0. The maximum Gasteiger partial charge on any atom is 0.254 e. The van der Waals surface area contributed by atoms with Crippen LogP contribution < -0.4 is 5.73 Å². The fourth-order valence-electron chi connectivity index (χ4n) is 4.06. The summed E-state index contributed by atoms with van der Waals surface area (Å²) in [4.78, 5) is 30.3. The Morgan fingerprint density at radius 1 is 1.18 bits per heavy atom. The van der Waals surface area contributed by atoms with E-state index in [2.05, 4.69) is 0 Å². The molecule has 2 aliphatic rings. The number of nitrogens with zero attached hydrogens (tertiary/aromatic N) is 2. The Hall–Kier alpha value is -1.24. The molecule has 2 fully saturated rings. The molecule has 5 nitrogen and oxygen atoms in total. The largest absolute Gasteiger partial charge is 0.342 e. The lowest BCUT2D eigenvalue weighted by molar-refractivity contribution is -0.129. The second-order valence-electron chi connectivity index (χ2n) is 7.72. The number of hydrogen-bond acceptors (Lipinski definition) is 4. The zero-order chi connectivity index (χ0) is 19.2. The van der Waals surface area contributed by atoms with Gasteiger partial charge in [0.2, 0.25) is 5.91 Å². The number of rotatable bonds is 6. The molecule has 1 aromatic carbocycles. The van der Waals surface area contributed by atoms with Gasteiger partial charge in [-0.3, -0.25) is 9.59 Å². The summed E-state index contributed by atoms with van der Waals surface area (Å²) in [6.45, 7) is 2.13. The SMILES string of the molecule is CN(C(=O)CSc1ccccc1C(=O)N1CCC(CN)C1)C1CCCCC1.Cl. The molecule has 0 spiro atoms. The molecule has 28 heavy (non-hydrogen) atoms. The van der Waals surface area contributed by atoms with Crippen LogP contribution >= 0.6 is 24.2 Å². The molecular formula is C21H32ClN3O2S. The van der Waals surface area contributed by atoms with E-state index in [1.807, 2.05) is 41.1 Å². The van der Waals surface area contributed by atoms with E-state index in [1.54, 1.807) is 0 Å². The highest BCUT2D eigenvalue weighted by Crippen LogP contribution is 2.27. The van der Waals surface area contributed by atoms with Gasteiger partial charge >= 0.3 is 0 Å². The van der Waals surface area contributed by atoms with Crippen LogP contribution in [0, 0.1) is 5.92 Å². The Balaban J connectivity index is 0.00000280. The molecule has 1 unspecified atom stereocenters. The van der Waals surface area contributed by atoms with E-state index in [4.69, 9.17) is 5.73 Å². The standard InChI is InChI=1S/C21H31N3O2S.ClH/c1-23(17-7-3-2-4-8-17)20(25)15-27-19-10-6-5-9-18(19)21(26)24-12-11-16(13-22)14-24;/h5-6,9-10,16-17H,2-4,7-8,11-15,22H2,1H3;1H. The van der Waals surface area contributed by atoms with Crippen LogP contribution in [0.3, 0.4) is 0 Å². The Kier molecular flexibility index (Phi) is 9.12. The van der Waals surface area contributed by atoms with E-state index < -0.39 is 0 Å². The third-order valence-electron chi connectivity index (χ3n) is 5.89. The van der Waals surface area contributed by atoms with Crippen molar-refractivity contribution < 1.29 is 9.59 Å². The monoisotopic (exact) mass is 425 g/mol. The van der Waals surface area contributed by atoms with Crippen LogP contribution in [0.4, 0.5) is 0 Å². The van der Waals surface area contributed by atoms with Gasteiger partial charge in [-0.15, -0.1) is 24.2 Å². The molecule has 1 atom stereocenters. The Labute approximate surface area is 178 Å². The number of likely N-dealkylation sites (tertiary alicyclic amines) is 1. The number of benzene rings is 1. The molecule has 3 rings (SSSR count). The number of nitrogens with two attached hydrogens (primary N) is 1. The van der Waals surface area contributed by atoms with Crippen molar-refractivity contribution in [3.05, 3.63) is 29.8 Å². The van der Waals surface area contributed by atoms with Gasteiger partial charge in [0.05, 0.1) is 11.3 Å². The van der Waals surface area contributed by atoms with Gasteiger partial charge in [0.1, 0.15) is 0 Å². The molecule has 1 saturated heterocycles. The Bertz CT molecular complexity index is 667. The smallest absolute Gasteiger partial charge is 0.254 e. The molecule has 2 amide bonds. The van der Waals surface area contributed by atoms with Crippen LogP contribution in [0.2, 0.25) is 0 Å². The Morgan fingerprint density at radius 2 is 1.89 bits per heavy atom. The maximum absolute atomic E-state index is 12.9. The lowest BCUT2D eigenvalue weighted by Crippen LogP contribution is -2.39. The van der Waals surface area contributed by atoms with Gasteiger partial charge in [-0.1, -0.05) is 31.4 Å². The zero-order valence-electron chi connectivity index (χ0n) is 16.6. The van der Waals surface area contributed by atoms with Crippen molar-refractivity contribution in [3.63, 3.8) is 0 Å². The van der Waals surface area contributed by atoms with Gasteiger partial charge in [-0.05, 0) is 43.9 Å². The number of hydrogen-bond donors (Lipinski definition) is 1. The molecule has 1 aliphatic heterocycles. The van der Waals surface area contributed by atoms with Crippen LogP contribution in [0.1, 0.15) is 48.9 Å². The first-order valence-corrected chi connectivity index (χ1v) is 11.1. The summed E-state index contributed by atoms with van der Waals surface area (Å²) in [7, 11) is 1.92. The lowest BCUT2D eigenvalue weighted by atomic mass is 9.94. The van der Waals surface area contributed by atoms with Crippen molar-refractivity contribution in [3.8, 4) is 0 Å². The maximum atomic E-state index is 12.9. The third kappa shape index (κ3) is 5.65. The number of carbonyl (C=O) groups excluding carboxylic acids is 2. The van der Waals surface area contributed by atoms with Crippen LogP contribution in [-0.2, 0) is 4.79 Å². The molecular weight excluding hydrogens is 394 g/mol. The lowest BCUT2D eigenvalue weighted by Gasteiger charge is -2.31. The van der Waals surface area contributed by atoms with E-state index in [1.165, 1.54) is 31.0 Å². The summed E-state index contributed by atoms with van der Waals surface area (Å²) < 4.78 is 0.